The average molecular weight is 264 g/mol. The van der Waals surface area contributed by atoms with Crippen molar-refractivity contribution in [3.05, 3.63) is 52.8 Å². The minimum absolute atomic E-state index is 0.633. The second-order valence-corrected chi connectivity index (χ2v) is 3.85. The first-order chi connectivity index (χ1) is 7.34. The maximum atomic E-state index is 4.18. The largest absolute Gasteiger partial charge is 0.350 e. The summed E-state index contributed by atoms with van der Waals surface area (Å²) >= 11 is 3.30. The summed E-state index contributed by atoms with van der Waals surface area (Å²) in [7, 11) is 0. The van der Waals surface area contributed by atoms with Gasteiger partial charge in [-0.25, -0.2) is 9.97 Å². The number of hydrogen-bond donors (Lipinski definition) is 1. The van der Waals surface area contributed by atoms with Crippen molar-refractivity contribution in [1.29, 1.82) is 0 Å². The quantitative estimate of drug-likeness (QED) is 0.866. The molecule has 76 valence electrons. The van der Waals surface area contributed by atoms with E-state index in [1.54, 1.807) is 12.3 Å². The highest BCUT2D eigenvalue weighted by Crippen LogP contribution is 2.08. The molecule has 0 radical (unpaired) electrons. The molecule has 0 unspecified atom stereocenters. The van der Waals surface area contributed by atoms with Crippen LogP contribution in [0.4, 0.5) is 5.95 Å². The number of benzene rings is 1. The second kappa shape index (κ2) is 4.89. The van der Waals surface area contributed by atoms with Crippen LogP contribution < -0.4 is 5.32 Å². The van der Waals surface area contributed by atoms with E-state index in [0.29, 0.717) is 5.95 Å². The molecule has 0 saturated heterocycles. The lowest BCUT2D eigenvalue weighted by molar-refractivity contribution is 1.04. The molecule has 1 heterocycles. The molecule has 0 aliphatic heterocycles. The van der Waals surface area contributed by atoms with Gasteiger partial charge in [-0.1, -0.05) is 30.3 Å². The predicted octanol–water partition coefficient (Wildman–Crippen LogP) is 2.85. The molecule has 0 aliphatic carbocycles. The van der Waals surface area contributed by atoms with E-state index < -0.39 is 0 Å². The Labute approximate surface area is 96.7 Å². The summed E-state index contributed by atoms with van der Waals surface area (Å²) in [6.45, 7) is 0.733. The van der Waals surface area contributed by atoms with Crippen LogP contribution in [0.3, 0.4) is 0 Å². The number of hydrogen-bond acceptors (Lipinski definition) is 3. The highest BCUT2D eigenvalue weighted by molar-refractivity contribution is 9.10. The molecule has 2 rings (SSSR count). The van der Waals surface area contributed by atoms with Crippen LogP contribution in [0.1, 0.15) is 5.56 Å². The van der Waals surface area contributed by atoms with Crippen LogP contribution in [-0.2, 0) is 6.54 Å². The zero-order chi connectivity index (χ0) is 10.5. The van der Waals surface area contributed by atoms with E-state index >= 15 is 0 Å². The SMILES string of the molecule is Brc1ccnc(NCc2ccccc2)n1. The molecule has 1 aromatic heterocycles. The lowest BCUT2D eigenvalue weighted by Gasteiger charge is -2.04. The van der Waals surface area contributed by atoms with E-state index in [0.717, 1.165) is 11.1 Å². The molecule has 3 nitrogen and oxygen atoms in total. The van der Waals surface area contributed by atoms with Crippen LogP contribution in [0.15, 0.2) is 47.2 Å². The fraction of sp³-hybridized carbons (Fsp3) is 0.0909. The molecule has 0 amide bonds. The smallest absolute Gasteiger partial charge is 0.223 e. The fourth-order valence-electron chi connectivity index (χ4n) is 1.20. The molecule has 0 bridgehead atoms. The van der Waals surface area contributed by atoms with Gasteiger partial charge in [0.05, 0.1) is 0 Å². The Balaban J connectivity index is 1.99. The molecule has 0 saturated carbocycles. The van der Waals surface area contributed by atoms with Crippen molar-refractivity contribution < 1.29 is 0 Å². The summed E-state index contributed by atoms with van der Waals surface area (Å²) < 4.78 is 0.785. The Morgan fingerprint density at radius 3 is 2.67 bits per heavy atom. The van der Waals surface area contributed by atoms with Crippen molar-refractivity contribution >= 4 is 21.9 Å². The van der Waals surface area contributed by atoms with Crippen LogP contribution in [-0.4, -0.2) is 9.97 Å². The molecule has 0 fully saturated rings. The van der Waals surface area contributed by atoms with Gasteiger partial charge in [0, 0.05) is 12.7 Å². The fourth-order valence-corrected chi connectivity index (χ4v) is 1.49. The number of halogens is 1. The lowest BCUT2D eigenvalue weighted by atomic mass is 10.2. The normalized spacial score (nSPS) is 9.93. The zero-order valence-corrected chi connectivity index (χ0v) is 9.61. The topological polar surface area (TPSA) is 37.8 Å². The van der Waals surface area contributed by atoms with E-state index in [9.17, 15) is 0 Å². The average Bonchev–Trinajstić information content (AvgIpc) is 2.28. The summed E-state index contributed by atoms with van der Waals surface area (Å²) in [5, 5.41) is 3.15. The Kier molecular flexibility index (Phi) is 3.29. The van der Waals surface area contributed by atoms with Gasteiger partial charge in [0.15, 0.2) is 0 Å². The molecule has 0 aliphatic rings. The van der Waals surface area contributed by atoms with E-state index in [4.69, 9.17) is 0 Å². The van der Waals surface area contributed by atoms with Crippen LogP contribution >= 0.6 is 15.9 Å². The van der Waals surface area contributed by atoms with Crippen LogP contribution in [0.2, 0.25) is 0 Å². The standard InChI is InChI=1S/C11H10BrN3/c12-10-6-7-13-11(15-10)14-8-9-4-2-1-3-5-9/h1-7H,8H2,(H,13,14,15). The third kappa shape index (κ3) is 3.02. The maximum absolute atomic E-state index is 4.18. The zero-order valence-electron chi connectivity index (χ0n) is 8.02. The summed E-state index contributed by atoms with van der Waals surface area (Å²) in [6.07, 6.45) is 1.71. The van der Waals surface area contributed by atoms with Gasteiger partial charge in [0.25, 0.3) is 0 Å². The molecule has 15 heavy (non-hydrogen) atoms. The van der Waals surface area contributed by atoms with Crippen molar-refractivity contribution in [3.8, 4) is 0 Å². The van der Waals surface area contributed by atoms with Gasteiger partial charge >= 0.3 is 0 Å². The van der Waals surface area contributed by atoms with Gasteiger partial charge in [-0.2, -0.15) is 0 Å². The Morgan fingerprint density at radius 2 is 1.93 bits per heavy atom. The van der Waals surface area contributed by atoms with Crippen LogP contribution in [0.5, 0.6) is 0 Å². The molecule has 1 aromatic carbocycles. The summed E-state index contributed by atoms with van der Waals surface area (Å²) in [6, 6.07) is 11.9. The molecule has 2 aromatic rings. The Morgan fingerprint density at radius 1 is 1.13 bits per heavy atom. The Bertz CT molecular complexity index is 431. The first-order valence-corrected chi connectivity index (χ1v) is 5.40. The first-order valence-electron chi connectivity index (χ1n) is 4.61. The highest BCUT2D eigenvalue weighted by atomic mass is 79.9. The number of rotatable bonds is 3. The number of nitrogens with one attached hydrogen (secondary N) is 1. The minimum Gasteiger partial charge on any atom is -0.350 e. The predicted molar refractivity (Wildman–Crippen MR) is 63.5 cm³/mol. The number of nitrogens with zero attached hydrogens (tertiary/aromatic N) is 2. The lowest BCUT2D eigenvalue weighted by Crippen LogP contribution is -2.02. The van der Waals surface area contributed by atoms with E-state index in [1.807, 2.05) is 18.2 Å². The molecular formula is C11H10BrN3. The van der Waals surface area contributed by atoms with Crippen molar-refractivity contribution in [2.24, 2.45) is 0 Å². The van der Waals surface area contributed by atoms with E-state index in [-0.39, 0.29) is 0 Å². The van der Waals surface area contributed by atoms with Gasteiger partial charge in [-0.3, -0.25) is 0 Å². The third-order valence-electron chi connectivity index (χ3n) is 1.92. The van der Waals surface area contributed by atoms with Crippen molar-refractivity contribution in [1.82, 2.24) is 9.97 Å². The maximum Gasteiger partial charge on any atom is 0.223 e. The third-order valence-corrected chi connectivity index (χ3v) is 2.36. The van der Waals surface area contributed by atoms with Crippen molar-refractivity contribution in [3.63, 3.8) is 0 Å². The molecule has 0 atom stereocenters. The van der Waals surface area contributed by atoms with E-state index in [1.165, 1.54) is 5.56 Å². The van der Waals surface area contributed by atoms with Crippen LogP contribution in [0.25, 0.3) is 0 Å². The van der Waals surface area contributed by atoms with Gasteiger partial charge in [-0.05, 0) is 27.6 Å². The van der Waals surface area contributed by atoms with Gasteiger partial charge in [0.2, 0.25) is 5.95 Å². The highest BCUT2D eigenvalue weighted by Gasteiger charge is 1.96. The van der Waals surface area contributed by atoms with Crippen molar-refractivity contribution in [2.75, 3.05) is 5.32 Å². The molecular weight excluding hydrogens is 254 g/mol. The summed E-state index contributed by atoms with van der Waals surface area (Å²) in [4.78, 5) is 8.29. The molecule has 0 spiro atoms. The molecule has 1 N–H and O–H groups in total. The monoisotopic (exact) mass is 263 g/mol. The van der Waals surface area contributed by atoms with Gasteiger partial charge in [0.1, 0.15) is 4.60 Å². The van der Waals surface area contributed by atoms with Gasteiger partial charge in [-0.15, -0.1) is 0 Å². The van der Waals surface area contributed by atoms with Crippen molar-refractivity contribution in [2.45, 2.75) is 6.54 Å². The number of anilines is 1. The van der Waals surface area contributed by atoms with Crippen LogP contribution in [0, 0.1) is 0 Å². The Hall–Kier alpha value is -1.42. The summed E-state index contributed by atoms with van der Waals surface area (Å²) in [5.74, 6) is 0.633. The first kappa shape index (κ1) is 10.1. The van der Waals surface area contributed by atoms with Gasteiger partial charge < -0.3 is 5.32 Å². The molecule has 4 heteroatoms. The number of aromatic nitrogens is 2. The summed E-state index contributed by atoms with van der Waals surface area (Å²) in [5.41, 5.74) is 1.21. The minimum atomic E-state index is 0.633. The van der Waals surface area contributed by atoms with E-state index in [2.05, 4.69) is 43.3 Å². The second-order valence-electron chi connectivity index (χ2n) is 3.04.